The van der Waals surface area contributed by atoms with Crippen LogP contribution in [0.1, 0.15) is 12.0 Å². The molecule has 6 nitrogen and oxygen atoms in total. The van der Waals surface area contributed by atoms with E-state index < -0.39 is 0 Å². The lowest BCUT2D eigenvalue weighted by molar-refractivity contribution is -0.140. The van der Waals surface area contributed by atoms with Crippen molar-refractivity contribution in [1.29, 1.82) is 0 Å². The van der Waals surface area contributed by atoms with Gasteiger partial charge in [-0.15, -0.1) is 15.0 Å². The molecular formula is C16H15N3O3. The van der Waals surface area contributed by atoms with Crippen molar-refractivity contribution in [1.82, 2.24) is 15.0 Å². The van der Waals surface area contributed by atoms with Crippen LogP contribution in [0.4, 0.5) is 0 Å². The first kappa shape index (κ1) is 14.1. The van der Waals surface area contributed by atoms with Gasteiger partial charge in [-0.25, -0.2) is 0 Å². The number of phenols is 1. The summed E-state index contributed by atoms with van der Waals surface area (Å²) < 4.78 is 4.66. The number of benzene rings is 2. The van der Waals surface area contributed by atoms with Gasteiger partial charge in [0.15, 0.2) is 0 Å². The van der Waals surface area contributed by atoms with Crippen molar-refractivity contribution in [2.24, 2.45) is 0 Å². The fourth-order valence-electron chi connectivity index (χ4n) is 2.31. The molecule has 0 amide bonds. The van der Waals surface area contributed by atoms with Crippen LogP contribution in [-0.2, 0) is 16.0 Å². The van der Waals surface area contributed by atoms with E-state index in [1.54, 1.807) is 12.1 Å². The van der Waals surface area contributed by atoms with E-state index in [0.29, 0.717) is 12.1 Å². The zero-order chi connectivity index (χ0) is 15.5. The highest BCUT2D eigenvalue weighted by atomic mass is 16.5. The quantitative estimate of drug-likeness (QED) is 0.747. The Morgan fingerprint density at radius 3 is 2.45 bits per heavy atom. The molecule has 22 heavy (non-hydrogen) atoms. The minimum Gasteiger partial charge on any atom is -0.506 e. The van der Waals surface area contributed by atoms with E-state index in [2.05, 4.69) is 14.9 Å². The fourth-order valence-corrected chi connectivity index (χ4v) is 2.31. The number of rotatable bonds is 4. The molecule has 0 saturated heterocycles. The van der Waals surface area contributed by atoms with Gasteiger partial charge in [0.2, 0.25) is 0 Å². The number of aromatic nitrogens is 3. The van der Waals surface area contributed by atoms with Crippen molar-refractivity contribution in [2.75, 3.05) is 7.11 Å². The first-order chi connectivity index (χ1) is 10.7. The van der Waals surface area contributed by atoms with Crippen LogP contribution in [0.15, 0.2) is 42.5 Å². The molecule has 0 saturated carbocycles. The second kappa shape index (κ2) is 5.85. The molecule has 0 atom stereocenters. The van der Waals surface area contributed by atoms with Crippen LogP contribution in [-0.4, -0.2) is 33.2 Å². The molecule has 112 valence electrons. The molecule has 0 radical (unpaired) electrons. The molecule has 3 rings (SSSR count). The number of ether oxygens (including phenoxy) is 1. The number of methoxy groups -OCH3 is 1. The van der Waals surface area contributed by atoms with E-state index in [1.165, 1.54) is 11.9 Å². The van der Waals surface area contributed by atoms with Crippen molar-refractivity contribution >= 4 is 17.0 Å². The molecule has 1 N–H and O–H groups in total. The SMILES string of the molecule is COC(=O)CCc1cccc(O)c1-n1nc2ccccc2n1. The third-order valence-electron chi connectivity index (χ3n) is 3.41. The average Bonchev–Trinajstić information content (AvgIpc) is 2.95. The third-order valence-corrected chi connectivity index (χ3v) is 3.41. The Bertz CT molecular complexity index is 793. The number of nitrogens with zero attached hydrogens (tertiary/aromatic N) is 3. The summed E-state index contributed by atoms with van der Waals surface area (Å²) in [5, 5.41) is 18.9. The summed E-state index contributed by atoms with van der Waals surface area (Å²) >= 11 is 0. The van der Waals surface area contributed by atoms with Crippen molar-refractivity contribution in [3.8, 4) is 11.4 Å². The summed E-state index contributed by atoms with van der Waals surface area (Å²) in [5.41, 5.74) is 2.75. The van der Waals surface area contributed by atoms with Crippen molar-refractivity contribution < 1.29 is 14.6 Å². The molecule has 3 aromatic rings. The number of para-hydroxylation sites is 1. The summed E-state index contributed by atoms with van der Waals surface area (Å²) in [7, 11) is 1.35. The average molecular weight is 297 g/mol. The smallest absolute Gasteiger partial charge is 0.305 e. The van der Waals surface area contributed by atoms with Crippen molar-refractivity contribution in [3.05, 3.63) is 48.0 Å². The van der Waals surface area contributed by atoms with Gasteiger partial charge in [-0.05, 0) is 30.2 Å². The van der Waals surface area contributed by atoms with Gasteiger partial charge in [-0.1, -0.05) is 24.3 Å². The number of hydrogen-bond donors (Lipinski definition) is 1. The summed E-state index contributed by atoms with van der Waals surface area (Å²) in [6.07, 6.45) is 0.669. The van der Waals surface area contributed by atoms with Gasteiger partial charge in [-0.2, -0.15) is 0 Å². The maximum Gasteiger partial charge on any atom is 0.305 e. The third kappa shape index (κ3) is 2.63. The van der Waals surface area contributed by atoms with Crippen LogP contribution in [0.5, 0.6) is 5.75 Å². The Hall–Kier alpha value is -2.89. The molecule has 0 aliphatic carbocycles. The molecule has 6 heteroatoms. The molecule has 0 unspecified atom stereocenters. The minimum atomic E-state index is -0.298. The number of aryl methyl sites for hydroxylation is 1. The first-order valence-electron chi connectivity index (χ1n) is 6.89. The molecule has 0 fully saturated rings. The Morgan fingerprint density at radius 1 is 1.14 bits per heavy atom. The number of carbonyl (C=O) groups excluding carboxylic acids is 1. The highest BCUT2D eigenvalue weighted by molar-refractivity contribution is 5.74. The largest absolute Gasteiger partial charge is 0.506 e. The molecule has 2 aromatic carbocycles. The van der Waals surface area contributed by atoms with Gasteiger partial charge in [0, 0.05) is 6.42 Å². The minimum absolute atomic E-state index is 0.0719. The lowest BCUT2D eigenvalue weighted by Crippen LogP contribution is -2.07. The van der Waals surface area contributed by atoms with E-state index in [0.717, 1.165) is 16.6 Å². The summed E-state index contributed by atoms with van der Waals surface area (Å²) in [6, 6.07) is 12.6. The first-order valence-corrected chi connectivity index (χ1v) is 6.89. The number of hydrogen-bond acceptors (Lipinski definition) is 5. The number of esters is 1. The van der Waals surface area contributed by atoms with Gasteiger partial charge in [0.25, 0.3) is 0 Å². The van der Waals surface area contributed by atoms with Crippen molar-refractivity contribution in [3.63, 3.8) is 0 Å². The zero-order valence-corrected chi connectivity index (χ0v) is 12.1. The molecule has 0 aliphatic rings. The van der Waals surface area contributed by atoms with Crippen LogP contribution < -0.4 is 0 Å². The van der Waals surface area contributed by atoms with E-state index in [4.69, 9.17) is 0 Å². The predicted molar refractivity (Wildman–Crippen MR) is 80.9 cm³/mol. The summed E-state index contributed by atoms with van der Waals surface area (Å²) in [5.74, 6) is -0.226. The standard InChI is InChI=1S/C16H15N3O3/c1-22-15(21)10-9-11-5-4-8-14(20)16(11)19-17-12-6-2-3-7-13(12)18-19/h2-8,20H,9-10H2,1H3. The highest BCUT2D eigenvalue weighted by Crippen LogP contribution is 2.26. The van der Waals surface area contributed by atoms with Crippen molar-refractivity contribution in [2.45, 2.75) is 12.8 Å². The predicted octanol–water partition coefficient (Wildman–Crippen LogP) is 2.23. The van der Waals surface area contributed by atoms with E-state index in [1.807, 2.05) is 30.3 Å². The number of fused-ring (bicyclic) bond motifs is 1. The topological polar surface area (TPSA) is 77.2 Å². The lowest BCUT2D eigenvalue weighted by atomic mass is 10.1. The molecule has 0 bridgehead atoms. The number of aromatic hydroxyl groups is 1. The second-order valence-electron chi connectivity index (χ2n) is 4.84. The van der Waals surface area contributed by atoms with Crippen LogP contribution in [0.25, 0.3) is 16.7 Å². The molecule has 0 aliphatic heterocycles. The fraction of sp³-hybridized carbons (Fsp3) is 0.188. The molecular weight excluding hydrogens is 282 g/mol. The van der Waals surface area contributed by atoms with Gasteiger partial charge >= 0.3 is 5.97 Å². The van der Waals surface area contributed by atoms with E-state index >= 15 is 0 Å². The van der Waals surface area contributed by atoms with E-state index in [-0.39, 0.29) is 18.1 Å². The number of phenolic OH excluding ortho intramolecular Hbond substituents is 1. The van der Waals surface area contributed by atoms with Gasteiger partial charge < -0.3 is 9.84 Å². The summed E-state index contributed by atoms with van der Waals surface area (Å²) in [4.78, 5) is 12.7. The molecule has 1 heterocycles. The van der Waals surface area contributed by atoms with E-state index in [9.17, 15) is 9.90 Å². The Balaban J connectivity index is 2.03. The molecule has 1 aromatic heterocycles. The Kier molecular flexibility index (Phi) is 3.74. The maximum atomic E-state index is 11.3. The summed E-state index contributed by atoms with van der Waals surface area (Å²) in [6.45, 7) is 0. The van der Waals surface area contributed by atoms with Crippen LogP contribution in [0, 0.1) is 0 Å². The van der Waals surface area contributed by atoms with Gasteiger partial charge in [0.05, 0.1) is 7.11 Å². The molecule has 0 spiro atoms. The lowest BCUT2D eigenvalue weighted by Gasteiger charge is -2.09. The number of carbonyl (C=O) groups is 1. The second-order valence-corrected chi connectivity index (χ2v) is 4.84. The van der Waals surface area contributed by atoms with Crippen LogP contribution >= 0.6 is 0 Å². The van der Waals surface area contributed by atoms with Gasteiger partial charge in [0.1, 0.15) is 22.5 Å². The maximum absolute atomic E-state index is 11.3. The zero-order valence-electron chi connectivity index (χ0n) is 12.1. The van der Waals surface area contributed by atoms with Crippen LogP contribution in [0.3, 0.4) is 0 Å². The van der Waals surface area contributed by atoms with Gasteiger partial charge in [-0.3, -0.25) is 4.79 Å². The normalized spacial score (nSPS) is 10.8. The van der Waals surface area contributed by atoms with Crippen LogP contribution in [0.2, 0.25) is 0 Å². The Morgan fingerprint density at radius 2 is 1.82 bits per heavy atom. The highest BCUT2D eigenvalue weighted by Gasteiger charge is 2.14. The Labute approximate surface area is 126 Å². The monoisotopic (exact) mass is 297 g/mol.